The second kappa shape index (κ2) is 8.93. The van der Waals surface area contributed by atoms with E-state index in [1.54, 1.807) is 0 Å². The number of benzene rings is 2. The van der Waals surface area contributed by atoms with Crippen molar-refractivity contribution < 1.29 is 26.1 Å². The first-order valence-electron chi connectivity index (χ1n) is 8.80. The molecule has 0 saturated carbocycles. The van der Waals surface area contributed by atoms with Gasteiger partial charge >= 0.3 is 6.18 Å². The molecule has 0 heterocycles. The molecule has 162 valence electrons. The monoisotopic (exact) mass is 542 g/mol. The van der Waals surface area contributed by atoms with Gasteiger partial charge in [-0.1, -0.05) is 65.8 Å². The van der Waals surface area contributed by atoms with Crippen LogP contribution in [0.3, 0.4) is 0 Å². The SMILES string of the molecule is CC(C)(C)c1cccc(I)c1C(C)(C)C.O=S(=O)(O)c1ccccc1C(F)(F)F. The van der Waals surface area contributed by atoms with Gasteiger partial charge in [0.05, 0.1) is 5.56 Å². The normalized spacial score (nSPS) is 12.9. The van der Waals surface area contributed by atoms with E-state index in [0.717, 1.165) is 12.1 Å². The molecule has 2 aromatic rings. The second-order valence-electron chi connectivity index (χ2n) is 8.63. The van der Waals surface area contributed by atoms with E-state index >= 15 is 0 Å². The molecule has 0 spiro atoms. The molecule has 2 aromatic carbocycles. The molecule has 0 aromatic heterocycles. The zero-order valence-corrected chi connectivity index (χ0v) is 20.2. The minimum atomic E-state index is -4.84. The third-order valence-corrected chi connectivity index (χ3v) is 5.85. The van der Waals surface area contributed by atoms with Crippen molar-refractivity contribution in [2.75, 3.05) is 0 Å². The van der Waals surface area contributed by atoms with Crippen molar-refractivity contribution in [1.82, 2.24) is 0 Å². The third kappa shape index (κ3) is 7.25. The first-order chi connectivity index (χ1) is 12.9. The quantitative estimate of drug-likeness (QED) is 0.317. The molecule has 8 heteroatoms. The van der Waals surface area contributed by atoms with E-state index in [4.69, 9.17) is 4.55 Å². The van der Waals surface area contributed by atoms with Gasteiger partial charge in [0.1, 0.15) is 4.90 Å². The Morgan fingerprint density at radius 2 is 1.28 bits per heavy atom. The van der Waals surface area contributed by atoms with Crippen LogP contribution >= 0.6 is 22.6 Å². The molecule has 0 atom stereocenters. The average Bonchev–Trinajstić information content (AvgIpc) is 2.51. The lowest BCUT2D eigenvalue weighted by atomic mass is 9.75. The van der Waals surface area contributed by atoms with Crippen LogP contribution < -0.4 is 0 Å². The van der Waals surface area contributed by atoms with Crippen molar-refractivity contribution in [2.24, 2.45) is 0 Å². The standard InChI is InChI=1S/C14H21I.C7H5F3O3S/c1-13(2,3)10-8-7-9-11(15)12(10)14(4,5)6;8-7(9,10)5-3-1-2-4-6(5)14(11,12)13/h7-9H,1-6H3;1-4H,(H,11,12,13). The molecule has 29 heavy (non-hydrogen) atoms. The van der Waals surface area contributed by atoms with Gasteiger partial charge in [0, 0.05) is 3.57 Å². The molecule has 0 radical (unpaired) electrons. The van der Waals surface area contributed by atoms with E-state index in [1.165, 1.54) is 14.7 Å². The van der Waals surface area contributed by atoms with Crippen molar-refractivity contribution in [3.8, 4) is 0 Å². The Morgan fingerprint density at radius 1 is 0.793 bits per heavy atom. The van der Waals surface area contributed by atoms with Crippen LogP contribution in [0.5, 0.6) is 0 Å². The lowest BCUT2D eigenvalue weighted by Crippen LogP contribution is -2.23. The summed E-state index contributed by atoms with van der Waals surface area (Å²) in [6, 6.07) is 10.0. The topological polar surface area (TPSA) is 54.4 Å². The van der Waals surface area contributed by atoms with E-state index in [0.29, 0.717) is 12.1 Å². The van der Waals surface area contributed by atoms with Crippen LogP contribution in [-0.2, 0) is 27.1 Å². The Bertz CT molecular complexity index is 954. The highest BCUT2D eigenvalue weighted by atomic mass is 127. The number of halogens is 4. The van der Waals surface area contributed by atoms with E-state index in [2.05, 4.69) is 82.3 Å². The van der Waals surface area contributed by atoms with Gasteiger partial charge < -0.3 is 0 Å². The molecule has 0 aliphatic carbocycles. The van der Waals surface area contributed by atoms with Crippen LogP contribution in [0.25, 0.3) is 0 Å². The number of alkyl halides is 3. The van der Waals surface area contributed by atoms with Crippen molar-refractivity contribution in [1.29, 1.82) is 0 Å². The Morgan fingerprint density at radius 3 is 1.62 bits per heavy atom. The Labute approximate surface area is 184 Å². The van der Waals surface area contributed by atoms with E-state index < -0.39 is 26.8 Å². The summed E-state index contributed by atoms with van der Waals surface area (Å²) in [5, 5.41) is 0. The van der Waals surface area contributed by atoms with Crippen molar-refractivity contribution >= 4 is 32.7 Å². The van der Waals surface area contributed by atoms with Gasteiger partial charge in [-0.3, -0.25) is 4.55 Å². The Balaban J connectivity index is 0.000000291. The maximum absolute atomic E-state index is 12.2. The zero-order chi connectivity index (χ0) is 22.8. The summed E-state index contributed by atoms with van der Waals surface area (Å²) in [5.41, 5.74) is 2.05. The Kier molecular flexibility index (Phi) is 7.98. The zero-order valence-electron chi connectivity index (χ0n) is 17.2. The van der Waals surface area contributed by atoms with Gasteiger partial charge in [0.2, 0.25) is 0 Å². The summed E-state index contributed by atoms with van der Waals surface area (Å²) in [6.07, 6.45) is -4.80. The number of hydrogen-bond donors (Lipinski definition) is 1. The minimum absolute atomic E-state index is 0.223. The largest absolute Gasteiger partial charge is 0.417 e. The maximum Gasteiger partial charge on any atom is 0.417 e. The van der Waals surface area contributed by atoms with Crippen LogP contribution in [0.2, 0.25) is 0 Å². The molecule has 1 N–H and O–H groups in total. The number of rotatable bonds is 1. The lowest BCUT2D eigenvalue weighted by Gasteiger charge is -2.31. The first-order valence-corrected chi connectivity index (χ1v) is 11.3. The lowest BCUT2D eigenvalue weighted by molar-refractivity contribution is -0.140. The van der Waals surface area contributed by atoms with E-state index in [-0.39, 0.29) is 10.8 Å². The summed E-state index contributed by atoms with van der Waals surface area (Å²) in [4.78, 5) is -1.13. The maximum atomic E-state index is 12.2. The van der Waals surface area contributed by atoms with Gasteiger partial charge in [0.25, 0.3) is 10.1 Å². The molecule has 3 nitrogen and oxygen atoms in total. The predicted molar refractivity (Wildman–Crippen MR) is 118 cm³/mol. The minimum Gasteiger partial charge on any atom is -0.282 e. The fourth-order valence-corrected chi connectivity index (χ4v) is 4.86. The first kappa shape index (κ1) is 25.9. The summed E-state index contributed by atoms with van der Waals surface area (Å²) < 4.78 is 67.6. The highest BCUT2D eigenvalue weighted by molar-refractivity contribution is 14.1. The summed E-state index contributed by atoms with van der Waals surface area (Å²) in [6.45, 7) is 13.7. The van der Waals surface area contributed by atoms with Gasteiger partial charge in [0.15, 0.2) is 0 Å². The molecule has 0 unspecified atom stereocenters. The second-order valence-corrected chi connectivity index (χ2v) is 11.2. The fourth-order valence-electron chi connectivity index (χ4n) is 2.84. The molecule has 2 rings (SSSR count). The van der Waals surface area contributed by atoms with E-state index in [1.807, 2.05) is 0 Å². The molecule has 0 saturated heterocycles. The van der Waals surface area contributed by atoms with Gasteiger partial charge in [-0.2, -0.15) is 21.6 Å². The highest BCUT2D eigenvalue weighted by Crippen LogP contribution is 2.36. The highest BCUT2D eigenvalue weighted by Gasteiger charge is 2.36. The smallest absolute Gasteiger partial charge is 0.282 e. The molecule has 0 fully saturated rings. The van der Waals surface area contributed by atoms with Gasteiger partial charge in [-0.15, -0.1) is 0 Å². The molecule has 0 amide bonds. The molecule has 0 aliphatic rings. The summed E-state index contributed by atoms with van der Waals surface area (Å²) in [7, 11) is -4.84. The predicted octanol–water partition coefficient (Wildman–Crippen LogP) is 6.84. The average molecular weight is 542 g/mol. The summed E-state index contributed by atoms with van der Waals surface area (Å²) in [5.74, 6) is 0. The summed E-state index contributed by atoms with van der Waals surface area (Å²) >= 11 is 2.45. The van der Waals surface area contributed by atoms with Crippen molar-refractivity contribution in [2.45, 2.75) is 63.4 Å². The van der Waals surface area contributed by atoms with Crippen LogP contribution in [0, 0.1) is 3.57 Å². The van der Waals surface area contributed by atoms with Crippen molar-refractivity contribution in [3.05, 3.63) is 62.7 Å². The molecular weight excluding hydrogens is 516 g/mol. The third-order valence-electron chi connectivity index (χ3n) is 4.04. The molecule has 0 bridgehead atoms. The van der Waals surface area contributed by atoms with E-state index in [9.17, 15) is 21.6 Å². The van der Waals surface area contributed by atoms with Crippen LogP contribution in [0.1, 0.15) is 58.2 Å². The molecular formula is C21H26F3IO3S. The molecule has 0 aliphatic heterocycles. The van der Waals surface area contributed by atoms with Crippen molar-refractivity contribution in [3.63, 3.8) is 0 Å². The van der Waals surface area contributed by atoms with Crippen LogP contribution in [-0.4, -0.2) is 13.0 Å². The van der Waals surface area contributed by atoms with Crippen LogP contribution in [0.15, 0.2) is 47.4 Å². The van der Waals surface area contributed by atoms with Gasteiger partial charge in [-0.25, -0.2) is 0 Å². The van der Waals surface area contributed by atoms with Crippen LogP contribution in [0.4, 0.5) is 13.2 Å². The number of hydrogen-bond acceptors (Lipinski definition) is 2. The fraction of sp³-hybridized carbons (Fsp3) is 0.429. The Hall–Kier alpha value is -1.13. The van der Waals surface area contributed by atoms with Gasteiger partial charge in [-0.05, 0) is 62.7 Å².